The molecule has 0 amide bonds. The SMILES string of the molecule is Cc1cccc(-n2c(C(=O)O)c(N3CCCCC3)c3cc(Cl)c(Cl)cc32)c1. The van der Waals surface area contributed by atoms with Crippen LogP contribution >= 0.6 is 23.2 Å². The van der Waals surface area contributed by atoms with Crippen LogP contribution in [0.5, 0.6) is 0 Å². The minimum atomic E-state index is -0.958. The predicted molar refractivity (Wildman–Crippen MR) is 111 cm³/mol. The van der Waals surface area contributed by atoms with Crippen LogP contribution in [-0.2, 0) is 0 Å². The van der Waals surface area contributed by atoms with Gasteiger partial charge in [-0.15, -0.1) is 0 Å². The number of anilines is 1. The number of carbonyl (C=O) groups is 1. The van der Waals surface area contributed by atoms with E-state index >= 15 is 0 Å². The van der Waals surface area contributed by atoms with Gasteiger partial charge in [0.15, 0.2) is 5.69 Å². The number of aromatic carboxylic acids is 1. The van der Waals surface area contributed by atoms with Gasteiger partial charge >= 0.3 is 5.97 Å². The summed E-state index contributed by atoms with van der Waals surface area (Å²) in [5.41, 5.74) is 3.62. The molecule has 1 N–H and O–H groups in total. The second kappa shape index (κ2) is 7.10. The summed E-state index contributed by atoms with van der Waals surface area (Å²) >= 11 is 12.6. The summed E-state index contributed by atoms with van der Waals surface area (Å²) < 4.78 is 1.79. The molecule has 3 aromatic rings. The molecule has 6 heteroatoms. The van der Waals surface area contributed by atoms with Gasteiger partial charge in [-0.05, 0) is 56.0 Å². The highest BCUT2D eigenvalue weighted by molar-refractivity contribution is 6.43. The highest BCUT2D eigenvalue weighted by Gasteiger charge is 2.28. The number of halogens is 2. The molecule has 140 valence electrons. The van der Waals surface area contributed by atoms with Crippen LogP contribution in [0.2, 0.25) is 10.0 Å². The summed E-state index contributed by atoms with van der Waals surface area (Å²) in [5.74, 6) is -0.958. The highest BCUT2D eigenvalue weighted by atomic mass is 35.5. The molecule has 1 saturated heterocycles. The second-order valence-corrected chi connectivity index (χ2v) is 7.82. The van der Waals surface area contributed by atoms with E-state index in [1.807, 2.05) is 31.2 Å². The van der Waals surface area contributed by atoms with Crippen molar-refractivity contribution in [3.05, 3.63) is 57.7 Å². The average molecular weight is 403 g/mol. The number of carboxylic acids is 1. The first-order valence-electron chi connectivity index (χ1n) is 9.06. The topological polar surface area (TPSA) is 45.5 Å². The monoisotopic (exact) mass is 402 g/mol. The van der Waals surface area contributed by atoms with Crippen molar-refractivity contribution in [3.8, 4) is 5.69 Å². The molecule has 27 heavy (non-hydrogen) atoms. The lowest BCUT2D eigenvalue weighted by molar-refractivity contribution is 0.0689. The molecule has 0 unspecified atom stereocenters. The Bertz CT molecular complexity index is 1040. The smallest absolute Gasteiger partial charge is 0.355 e. The fourth-order valence-electron chi connectivity index (χ4n) is 3.93. The average Bonchev–Trinajstić information content (AvgIpc) is 2.97. The Kier molecular flexibility index (Phi) is 4.79. The standard InChI is InChI=1S/C21H20Cl2N2O2/c1-13-6-5-7-14(10-13)25-18-12-17(23)16(22)11-15(18)19(20(25)21(26)27)24-8-3-2-4-9-24/h5-7,10-12H,2-4,8-9H2,1H3,(H,26,27). The van der Waals surface area contributed by atoms with E-state index in [0.717, 1.165) is 53.8 Å². The van der Waals surface area contributed by atoms with Crippen molar-refractivity contribution in [2.24, 2.45) is 0 Å². The van der Waals surface area contributed by atoms with Crippen LogP contribution in [0, 0.1) is 6.92 Å². The van der Waals surface area contributed by atoms with E-state index in [4.69, 9.17) is 23.2 Å². The van der Waals surface area contributed by atoms with E-state index < -0.39 is 5.97 Å². The number of hydrogen-bond donors (Lipinski definition) is 1. The summed E-state index contributed by atoms with van der Waals surface area (Å²) in [4.78, 5) is 14.5. The molecule has 2 heterocycles. The van der Waals surface area contributed by atoms with E-state index in [1.54, 1.807) is 16.7 Å². The maximum atomic E-state index is 12.4. The number of rotatable bonds is 3. The van der Waals surface area contributed by atoms with Crippen molar-refractivity contribution < 1.29 is 9.90 Å². The van der Waals surface area contributed by atoms with Crippen LogP contribution in [0.1, 0.15) is 35.3 Å². The molecule has 4 rings (SSSR count). The van der Waals surface area contributed by atoms with E-state index in [2.05, 4.69) is 4.90 Å². The van der Waals surface area contributed by atoms with Crippen LogP contribution in [0.4, 0.5) is 5.69 Å². The lowest BCUT2D eigenvalue weighted by Crippen LogP contribution is -2.30. The highest BCUT2D eigenvalue weighted by Crippen LogP contribution is 2.41. The van der Waals surface area contributed by atoms with Crippen LogP contribution in [0.25, 0.3) is 16.6 Å². The number of aryl methyl sites for hydroxylation is 1. The minimum Gasteiger partial charge on any atom is -0.476 e. The first kappa shape index (κ1) is 18.2. The zero-order valence-electron chi connectivity index (χ0n) is 15.0. The van der Waals surface area contributed by atoms with Gasteiger partial charge in [0.05, 0.1) is 21.2 Å². The molecule has 1 fully saturated rings. The fourth-order valence-corrected chi connectivity index (χ4v) is 4.26. The van der Waals surface area contributed by atoms with Crippen molar-refractivity contribution >= 4 is 45.8 Å². The minimum absolute atomic E-state index is 0.260. The molecule has 0 atom stereocenters. The largest absolute Gasteiger partial charge is 0.476 e. The van der Waals surface area contributed by atoms with Crippen LogP contribution in [0.15, 0.2) is 36.4 Å². The third-order valence-corrected chi connectivity index (χ3v) is 5.84. The van der Waals surface area contributed by atoms with Gasteiger partial charge in [-0.3, -0.25) is 0 Å². The van der Waals surface area contributed by atoms with Gasteiger partial charge < -0.3 is 14.6 Å². The molecule has 4 nitrogen and oxygen atoms in total. The third-order valence-electron chi connectivity index (χ3n) is 5.12. The Hall–Kier alpha value is -2.17. The van der Waals surface area contributed by atoms with Crippen LogP contribution in [0.3, 0.4) is 0 Å². The molecule has 1 aromatic heterocycles. The first-order valence-corrected chi connectivity index (χ1v) is 9.81. The molecule has 1 aliphatic heterocycles. The third kappa shape index (κ3) is 3.17. The molecule has 0 aliphatic carbocycles. The predicted octanol–water partition coefficient (Wildman–Crippen LogP) is 5.93. The zero-order valence-corrected chi connectivity index (χ0v) is 16.5. The lowest BCUT2D eigenvalue weighted by atomic mass is 10.1. The van der Waals surface area contributed by atoms with Crippen molar-refractivity contribution in [3.63, 3.8) is 0 Å². The molecule has 0 radical (unpaired) electrons. The number of fused-ring (bicyclic) bond motifs is 1. The maximum Gasteiger partial charge on any atom is 0.355 e. The quantitative estimate of drug-likeness (QED) is 0.589. The number of piperidine rings is 1. The Morgan fingerprint density at radius 1 is 1.04 bits per heavy atom. The van der Waals surface area contributed by atoms with Gasteiger partial charge in [-0.25, -0.2) is 4.79 Å². The molecule has 1 aliphatic rings. The molecular formula is C21H20Cl2N2O2. The summed E-state index contributed by atoms with van der Waals surface area (Å²) in [7, 11) is 0. The van der Waals surface area contributed by atoms with Crippen molar-refractivity contribution in [1.82, 2.24) is 4.57 Å². The zero-order chi connectivity index (χ0) is 19.1. The number of benzene rings is 2. The normalized spacial score (nSPS) is 14.7. The van der Waals surface area contributed by atoms with Gasteiger partial charge in [-0.2, -0.15) is 0 Å². The summed E-state index contributed by atoms with van der Waals surface area (Å²) in [6.07, 6.45) is 3.27. The van der Waals surface area contributed by atoms with E-state index in [-0.39, 0.29) is 5.69 Å². The number of nitrogens with zero attached hydrogens (tertiary/aromatic N) is 2. The number of hydrogen-bond acceptors (Lipinski definition) is 2. The van der Waals surface area contributed by atoms with Crippen molar-refractivity contribution in [1.29, 1.82) is 0 Å². The van der Waals surface area contributed by atoms with Crippen LogP contribution < -0.4 is 4.90 Å². The summed E-state index contributed by atoms with van der Waals surface area (Å²) in [6.45, 7) is 3.67. The maximum absolute atomic E-state index is 12.4. The first-order chi connectivity index (χ1) is 13.0. The van der Waals surface area contributed by atoms with Gasteiger partial charge in [0.25, 0.3) is 0 Å². The van der Waals surface area contributed by atoms with Crippen LogP contribution in [-0.4, -0.2) is 28.7 Å². The van der Waals surface area contributed by atoms with E-state index in [9.17, 15) is 9.90 Å². The second-order valence-electron chi connectivity index (χ2n) is 7.01. The Balaban J connectivity index is 2.10. The Morgan fingerprint density at radius 3 is 2.41 bits per heavy atom. The molecule has 0 spiro atoms. The number of carboxylic acid groups (broad SMARTS) is 1. The summed E-state index contributed by atoms with van der Waals surface area (Å²) in [5, 5.41) is 11.8. The molecule has 0 saturated carbocycles. The van der Waals surface area contributed by atoms with Gasteiger partial charge in [0.1, 0.15) is 0 Å². The Morgan fingerprint density at radius 2 is 1.74 bits per heavy atom. The van der Waals surface area contributed by atoms with Gasteiger partial charge in [0.2, 0.25) is 0 Å². The van der Waals surface area contributed by atoms with Gasteiger partial charge in [0, 0.05) is 24.2 Å². The van der Waals surface area contributed by atoms with E-state index in [0.29, 0.717) is 10.0 Å². The van der Waals surface area contributed by atoms with Crippen molar-refractivity contribution in [2.75, 3.05) is 18.0 Å². The Labute approximate surface area is 167 Å². The fraction of sp³-hybridized carbons (Fsp3) is 0.286. The molecular weight excluding hydrogens is 383 g/mol. The lowest BCUT2D eigenvalue weighted by Gasteiger charge is -2.29. The molecule has 2 aromatic carbocycles. The number of aromatic nitrogens is 1. The molecule has 0 bridgehead atoms. The van der Waals surface area contributed by atoms with E-state index in [1.165, 1.54) is 6.42 Å². The summed E-state index contributed by atoms with van der Waals surface area (Å²) in [6, 6.07) is 11.4. The van der Waals surface area contributed by atoms with Crippen molar-refractivity contribution in [2.45, 2.75) is 26.2 Å². The van der Waals surface area contributed by atoms with Gasteiger partial charge in [-0.1, -0.05) is 35.3 Å².